The van der Waals surface area contributed by atoms with Crippen LogP contribution in [0.5, 0.6) is 5.75 Å². The molecule has 1 amide bonds. The largest absolute Gasteiger partial charge is 0.479 e. The Hall–Kier alpha value is -1.59. The highest BCUT2D eigenvalue weighted by Crippen LogP contribution is 2.32. The average molecular weight is 250 g/mol. The Morgan fingerprint density at radius 3 is 3.06 bits per heavy atom. The highest BCUT2D eigenvalue weighted by atomic mass is 16.5. The Morgan fingerprint density at radius 1 is 1.56 bits per heavy atom. The summed E-state index contributed by atoms with van der Waals surface area (Å²) in [5, 5.41) is 15.7. The van der Waals surface area contributed by atoms with Gasteiger partial charge in [-0.2, -0.15) is 0 Å². The Morgan fingerprint density at radius 2 is 2.33 bits per heavy atom. The lowest BCUT2D eigenvalue weighted by Crippen LogP contribution is -2.34. The molecule has 0 saturated carbocycles. The fourth-order valence-corrected chi connectivity index (χ4v) is 1.88. The molecule has 2 rings (SSSR count). The van der Waals surface area contributed by atoms with Crippen molar-refractivity contribution in [3.63, 3.8) is 0 Å². The van der Waals surface area contributed by atoms with Gasteiger partial charge < -0.3 is 20.5 Å². The van der Waals surface area contributed by atoms with Crippen molar-refractivity contribution >= 4 is 11.6 Å². The summed E-state index contributed by atoms with van der Waals surface area (Å²) in [5.74, 6) is 0.482. The Bertz CT molecular complexity index is 448. The van der Waals surface area contributed by atoms with E-state index in [4.69, 9.17) is 4.74 Å². The van der Waals surface area contributed by atoms with Crippen LogP contribution in [0.1, 0.15) is 25.0 Å². The lowest BCUT2D eigenvalue weighted by Gasteiger charge is -2.24. The summed E-state index contributed by atoms with van der Waals surface area (Å²) in [6.45, 7) is 2.44. The molecule has 0 radical (unpaired) electrons. The maximum absolute atomic E-state index is 11.5. The third-order valence-electron chi connectivity index (χ3n) is 2.99. The van der Waals surface area contributed by atoms with E-state index >= 15 is 0 Å². The zero-order chi connectivity index (χ0) is 13.1. The molecule has 1 aromatic carbocycles. The molecule has 0 aliphatic carbocycles. The number of aliphatic hydroxyl groups is 1. The lowest BCUT2D eigenvalue weighted by molar-refractivity contribution is -0.122. The summed E-state index contributed by atoms with van der Waals surface area (Å²) in [6, 6.07) is 5.37. The van der Waals surface area contributed by atoms with Gasteiger partial charge in [0.15, 0.2) is 6.10 Å². The molecular weight excluding hydrogens is 232 g/mol. The fraction of sp³-hybridized carbons (Fsp3) is 0.462. The summed E-state index contributed by atoms with van der Waals surface area (Å²) in [5.41, 5.74) is 1.40. The number of hydrogen-bond acceptors (Lipinski definition) is 4. The van der Waals surface area contributed by atoms with E-state index in [0.29, 0.717) is 17.9 Å². The van der Waals surface area contributed by atoms with Gasteiger partial charge in [0, 0.05) is 0 Å². The number of anilines is 1. The van der Waals surface area contributed by atoms with Gasteiger partial charge in [0.05, 0.1) is 11.8 Å². The van der Waals surface area contributed by atoms with E-state index in [1.54, 1.807) is 19.1 Å². The second-order valence-electron chi connectivity index (χ2n) is 4.41. The van der Waals surface area contributed by atoms with Gasteiger partial charge in [0.25, 0.3) is 5.91 Å². The van der Waals surface area contributed by atoms with Crippen LogP contribution in [0.25, 0.3) is 0 Å². The van der Waals surface area contributed by atoms with Gasteiger partial charge in [0.1, 0.15) is 5.75 Å². The van der Waals surface area contributed by atoms with Crippen LogP contribution in [-0.2, 0) is 4.79 Å². The first kappa shape index (κ1) is 12.9. The fourth-order valence-electron chi connectivity index (χ4n) is 1.88. The van der Waals surface area contributed by atoms with Crippen LogP contribution in [0.3, 0.4) is 0 Å². The molecule has 0 fully saturated rings. The first-order valence-corrected chi connectivity index (χ1v) is 6.06. The van der Waals surface area contributed by atoms with Crippen molar-refractivity contribution in [3.8, 4) is 5.75 Å². The van der Waals surface area contributed by atoms with Crippen molar-refractivity contribution in [3.05, 3.63) is 23.8 Å². The van der Waals surface area contributed by atoms with Crippen LogP contribution in [-0.4, -0.2) is 30.7 Å². The van der Waals surface area contributed by atoms with Crippen molar-refractivity contribution in [2.75, 3.05) is 18.9 Å². The molecule has 0 spiro atoms. The van der Waals surface area contributed by atoms with Crippen LogP contribution < -0.4 is 15.4 Å². The zero-order valence-corrected chi connectivity index (χ0v) is 10.6. The second-order valence-corrected chi connectivity index (χ2v) is 4.41. The van der Waals surface area contributed by atoms with E-state index in [1.165, 1.54) is 0 Å². The molecule has 0 saturated heterocycles. The molecule has 5 heteroatoms. The normalized spacial score (nSPS) is 19.7. The minimum absolute atomic E-state index is 0.163. The molecule has 1 heterocycles. The predicted octanol–water partition coefficient (Wildman–Crippen LogP) is 1.05. The third-order valence-corrected chi connectivity index (χ3v) is 2.99. The number of aliphatic hydroxyl groups excluding tert-OH is 1. The molecule has 2 unspecified atom stereocenters. The minimum Gasteiger partial charge on any atom is -0.479 e. The molecule has 2 atom stereocenters. The van der Waals surface area contributed by atoms with Gasteiger partial charge >= 0.3 is 0 Å². The van der Waals surface area contributed by atoms with Gasteiger partial charge in [-0.05, 0) is 44.6 Å². The van der Waals surface area contributed by atoms with Crippen LogP contribution in [0.4, 0.5) is 5.69 Å². The van der Waals surface area contributed by atoms with Crippen molar-refractivity contribution < 1.29 is 14.6 Å². The Kier molecular flexibility index (Phi) is 3.84. The second kappa shape index (κ2) is 5.37. The monoisotopic (exact) mass is 250 g/mol. The molecule has 98 valence electrons. The van der Waals surface area contributed by atoms with Crippen molar-refractivity contribution in [1.82, 2.24) is 5.32 Å². The highest BCUT2D eigenvalue weighted by molar-refractivity contribution is 5.97. The van der Waals surface area contributed by atoms with Gasteiger partial charge in [-0.25, -0.2) is 0 Å². The van der Waals surface area contributed by atoms with Crippen LogP contribution in [0.15, 0.2) is 18.2 Å². The van der Waals surface area contributed by atoms with E-state index in [-0.39, 0.29) is 5.91 Å². The van der Waals surface area contributed by atoms with E-state index < -0.39 is 12.2 Å². The van der Waals surface area contributed by atoms with Crippen molar-refractivity contribution in [2.24, 2.45) is 0 Å². The maximum Gasteiger partial charge on any atom is 0.265 e. The van der Waals surface area contributed by atoms with Crippen LogP contribution in [0.2, 0.25) is 0 Å². The third kappa shape index (κ3) is 2.63. The summed E-state index contributed by atoms with van der Waals surface area (Å²) in [7, 11) is 1.84. The maximum atomic E-state index is 11.5. The standard InChI is InChI=1S/C13H18N2O3/c1-8-13(17)15-10-7-9(3-4-12(10)18-8)11(16)5-6-14-2/h3-4,7-8,11,14,16H,5-6H2,1-2H3,(H,15,17). The number of ether oxygens (including phenoxy) is 1. The SMILES string of the molecule is CNCCC(O)c1ccc2c(c1)NC(=O)C(C)O2. The van der Waals surface area contributed by atoms with Gasteiger partial charge in [-0.15, -0.1) is 0 Å². The topological polar surface area (TPSA) is 70.6 Å². The lowest BCUT2D eigenvalue weighted by atomic mass is 10.0. The average Bonchev–Trinajstić information content (AvgIpc) is 2.36. The molecule has 3 N–H and O–H groups in total. The van der Waals surface area contributed by atoms with E-state index in [0.717, 1.165) is 12.1 Å². The molecular formula is C13H18N2O3. The quantitative estimate of drug-likeness (QED) is 0.747. The predicted molar refractivity (Wildman–Crippen MR) is 68.7 cm³/mol. The van der Waals surface area contributed by atoms with Crippen LogP contribution >= 0.6 is 0 Å². The molecule has 18 heavy (non-hydrogen) atoms. The summed E-state index contributed by atoms with van der Waals surface area (Å²) in [6.07, 6.45) is -0.392. The van der Waals surface area contributed by atoms with Crippen molar-refractivity contribution in [2.45, 2.75) is 25.6 Å². The zero-order valence-electron chi connectivity index (χ0n) is 10.6. The number of fused-ring (bicyclic) bond motifs is 1. The Labute approximate surface area is 106 Å². The van der Waals surface area contributed by atoms with Crippen LogP contribution in [0, 0.1) is 0 Å². The minimum atomic E-state index is -0.543. The van der Waals surface area contributed by atoms with Crippen molar-refractivity contribution in [1.29, 1.82) is 0 Å². The number of hydrogen-bond donors (Lipinski definition) is 3. The van der Waals surface area contributed by atoms with E-state index in [1.807, 2.05) is 13.1 Å². The van der Waals surface area contributed by atoms with Gasteiger partial charge in [0.2, 0.25) is 0 Å². The smallest absolute Gasteiger partial charge is 0.265 e. The first-order valence-electron chi connectivity index (χ1n) is 6.06. The Balaban J connectivity index is 2.17. The number of nitrogens with one attached hydrogen (secondary N) is 2. The first-order chi connectivity index (χ1) is 8.61. The summed E-state index contributed by atoms with van der Waals surface area (Å²) >= 11 is 0. The molecule has 1 aliphatic heterocycles. The molecule has 0 bridgehead atoms. The number of amides is 1. The summed E-state index contributed by atoms with van der Waals surface area (Å²) < 4.78 is 5.45. The molecule has 5 nitrogen and oxygen atoms in total. The number of carbonyl (C=O) groups excluding carboxylic acids is 1. The van der Waals surface area contributed by atoms with E-state index in [9.17, 15) is 9.90 Å². The number of rotatable bonds is 4. The van der Waals surface area contributed by atoms with Gasteiger partial charge in [-0.3, -0.25) is 4.79 Å². The number of carbonyl (C=O) groups is 1. The van der Waals surface area contributed by atoms with E-state index in [2.05, 4.69) is 10.6 Å². The molecule has 1 aromatic rings. The molecule has 1 aliphatic rings. The van der Waals surface area contributed by atoms with Gasteiger partial charge in [-0.1, -0.05) is 6.07 Å². The number of benzene rings is 1. The summed E-state index contributed by atoms with van der Waals surface area (Å²) in [4.78, 5) is 11.5. The highest BCUT2D eigenvalue weighted by Gasteiger charge is 2.24. The molecule has 0 aromatic heterocycles.